The van der Waals surface area contributed by atoms with Gasteiger partial charge in [0.1, 0.15) is 5.75 Å². The molecule has 0 unspecified atom stereocenters. The van der Waals surface area contributed by atoms with Crippen LogP contribution in [-0.4, -0.2) is 25.7 Å². The molecule has 4 heteroatoms. The molecule has 1 aromatic rings. The summed E-state index contributed by atoms with van der Waals surface area (Å²) in [6, 6.07) is 7.74. The molecule has 110 valence electrons. The minimum atomic E-state index is -0.0246. The Balaban J connectivity index is 1.94. The van der Waals surface area contributed by atoms with Crippen LogP contribution in [-0.2, 0) is 16.1 Å². The third-order valence-electron chi connectivity index (χ3n) is 3.82. The molecule has 0 aliphatic carbocycles. The van der Waals surface area contributed by atoms with E-state index in [0.717, 1.165) is 37.2 Å². The van der Waals surface area contributed by atoms with Gasteiger partial charge < -0.3 is 14.8 Å². The Labute approximate surface area is 120 Å². The molecule has 0 saturated carbocycles. The molecule has 1 aliphatic rings. The molecule has 1 fully saturated rings. The summed E-state index contributed by atoms with van der Waals surface area (Å²) >= 11 is 0. The lowest BCUT2D eigenvalue weighted by molar-refractivity contribution is -0.134. The fraction of sp³-hybridized carbons (Fsp3) is 0.562. The van der Waals surface area contributed by atoms with Gasteiger partial charge in [0, 0.05) is 18.7 Å². The third kappa shape index (κ3) is 3.51. The van der Waals surface area contributed by atoms with Gasteiger partial charge in [0.2, 0.25) is 5.91 Å². The number of hydrogen-bond acceptors (Lipinski definition) is 3. The molecule has 0 aromatic heterocycles. The normalized spacial score (nSPS) is 22.3. The lowest BCUT2D eigenvalue weighted by Crippen LogP contribution is -2.41. The lowest BCUT2D eigenvalue weighted by Gasteiger charge is -2.30. The maximum atomic E-state index is 12.3. The molecule has 1 saturated heterocycles. The molecule has 0 radical (unpaired) electrons. The van der Waals surface area contributed by atoms with E-state index in [1.54, 1.807) is 7.11 Å². The molecule has 1 aromatic carbocycles. The highest BCUT2D eigenvalue weighted by Crippen LogP contribution is 2.24. The van der Waals surface area contributed by atoms with E-state index in [2.05, 4.69) is 12.2 Å². The minimum absolute atomic E-state index is 0.0246. The molecule has 1 amide bonds. The molecule has 0 spiro atoms. The number of ether oxygens (including phenoxy) is 2. The van der Waals surface area contributed by atoms with Crippen LogP contribution >= 0.6 is 0 Å². The van der Waals surface area contributed by atoms with Gasteiger partial charge in [0.25, 0.3) is 0 Å². The van der Waals surface area contributed by atoms with Gasteiger partial charge in [-0.3, -0.25) is 4.79 Å². The van der Waals surface area contributed by atoms with Crippen LogP contribution in [0.15, 0.2) is 24.3 Å². The number of methoxy groups -OCH3 is 1. The van der Waals surface area contributed by atoms with Gasteiger partial charge in [-0.15, -0.1) is 0 Å². The van der Waals surface area contributed by atoms with Gasteiger partial charge >= 0.3 is 0 Å². The zero-order chi connectivity index (χ0) is 14.4. The van der Waals surface area contributed by atoms with Crippen molar-refractivity contribution < 1.29 is 14.3 Å². The fourth-order valence-electron chi connectivity index (χ4n) is 2.70. The average molecular weight is 277 g/mol. The fourth-order valence-corrected chi connectivity index (χ4v) is 2.70. The number of rotatable bonds is 5. The topological polar surface area (TPSA) is 47.6 Å². The van der Waals surface area contributed by atoms with Crippen molar-refractivity contribution in [2.75, 3.05) is 13.7 Å². The van der Waals surface area contributed by atoms with Crippen LogP contribution in [0.3, 0.4) is 0 Å². The molecule has 1 heterocycles. The summed E-state index contributed by atoms with van der Waals surface area (Å²) in [7, 11) is 1.64. The Hall–Kier alpha value is -1.55. The lowest BCUT2D eigenvalue weighted by atomic mass is 9.92. The first-order valence-corrected chi connectivity index (χ1v) is 7.27. The van der Waals surface area contributed by atoms with Gasteiger partial charge in [-0.2, -0.15) is 0 Å². The number of amides is 1. The number of carbonyl (C=O) groups excluding carboxylic acids is 1. The second-order valence-corrected chi connectivity index (χ2v) is 5.10. The van der Waals surface area contributed by atoms with Crippen LogP contribution in [0.5, 0.6) is 5.75 Å². The highest BCUT2D eigenvalue weighted by Gasteiger charge is 2.30. The predicted molar refractivity (Wildman–Crippen MR) is 77.6 cm³/mol. The quantitative estimate of drug-likeness (QED) is 0.899. The summed E-state index contributed by atoms with van der Waals surface area (Å²) in [6.45, 7) is 3.33. The van der Waals surface area contributed by atoms with Crippen molar-refractivity contribution in [1.29, 1.82) is 0 Å². The summed E-state index contributed by atoms with van der Waals surface area (Å²) in [5.41, 5.74) is 0.994. The average Bonchev–Trinajstić information content (AvgIpc) is 2.52. The van der Waals surface area contributed by atoms with Crippen LogP contribution < -0.4 is 10.1 Å². The number of para-hydroxylation sites is 1. The largest absolute Gasteiger partial charge is 0.496 e. The molecular weight excluding hydrogens is 254 g/mol. The van der Waals surface area contributed by atoms with Crippen molar-refractivity contribution in [3.8, 4) is 5.75 Å². The second-order valence-electron chi connectivity index (χ2n) is 5.10. The Bertz CT molecular complexity index is 447. The summed E-state index contributed by atoms with van der Waals surface area (Å²) in [5.74, 6) is 0.866. The van der Waals surface area contributed by atoms with E-state index in [4.69, 9.17) is 9.47 Å². The van der Waals surface area contributed by atoms with E-state index >= 15 is 0 Å². The molecular formula is C16H23NO3. The van der Waals surface area contributed by atoms with Crippen LogP contribution in [0, 0.1) is 5.92 Å². The van der Waals surface area contributed by atoms with Crippen molar-refractivity contribution in [1.82, 2.24) is 5.32 Å². The van der Waals surface area contributed by atoms with Crippen molar-refractivity contribution in [3.05, 3.63) is 29.8 Å². The van der Waals surface area contributed by atoms with Gasteiger partial charge in [0.15, 0.2) is 0 Å². The molecule has 4 nitrogen and oxygen atoms in total. The Morgan fingerprint density at radius 3 is 3.00 bits per heavy atom. The monoisotopic (exact) mass is 277 g/mol. The first-order chi connectivity index (χ1) is 9.76. The molecule has 2 rings (SSSR count). The van der Waals surface area contributed by atoms with E-state index in [0.29, 0.717) is 6.54 Å². The van der Waals surface area contributed by atoms with Crippen LogP contribution in [0.2, 0.25) is 0 Å². The van der Waals surface area contributed by atoms with Gasteiger partial charge in [-0.05, 0) is 25.3 Å². The van der Waals surface area contributed by atoms with Crippen LogP contribution in [0.4, 0.5) is 0 Å². The zero-order valence-corrected chi connectivity index (χ0v) is 12.2. The highest BCUT2D eigenvalue weighted by molar-refractivity contribution is 5.79. The smallest absolute Gasteiger partial charge is 0.226 e. The summed E-state index contributed by atoms with van der Waals surface area (Å²) in [6.07, 6.45) is 2.81. The Kier molecular flexibility index (Phi) is 5.41. The van der Waals surface area contributed by atoms with Gasteiger partial charge in [-0.25, -0.2) is 0 Å². The zero-order valence-electron chi connectivity index (χ0n) is 12.2. The number of nitrogens with one attached hydrogen (secondary N) is 1. The Morgan fingerprint density at radius 2 is 2.25 bits per heavy atom. The predicted octanol–water partition coefficient (Wildman–Crippen LogP) is 2.52. The summed E-state index contributed by atoms with van der Waals surface area (Å²) < 4.78 is 11.0. The Morgan fingerprint density at radius 1 is 1.45 bits per heavy atom. The SMILES string of the molecule is CC[C@@H]1OCCC[C@H]1C(=O)NCc1ccccc1OC. The third-order valence-corrected chi connectivity index (χ3v) is 3.82. The van der Waals surface area contributed by atoms with Crippen LogP contribution in [0.1, 0.15) is 31.7 Å². The molecule has 1 aliphatic heterocycles. The van der Waals surface area contributed by atoms with Gasteiger partial charge in [-0.1, -0.05) is 25.1 Å². The van der Waals surface area contributed by atoms with Crippen molar-refractivity contribution in [3.63, 3.8) is 0 Å². The van der Waals surface area contributed by atoms with E-state index < -0.39 is 0 Å². The molecule has 0 bridgehead atoms. The molecule has 2 atom stereocenters. The summed E-state index contributed by atoms with van der Waals surface area (Å²) in [4.78, 5) is 12.3. The number of benzene rings is 1. The van der Waals surface area contributed by atoms with Crippen molar-refractivity contribution in [2.45, 2.75) is 38.8 Å². The molecule has 20 heavy (non-hydrogen) atoms. The number of hydrogen-bond donors (Lipinski definition) is 1. The maximum absolute atomic E-state index is 12.3. The van der Waals surface area contributed by atoms with E-state index in [1.807, 2.05) is 24.3 Å². The molecule has 1 N–H and O–H groups in total. The van der Waals surface area contributed by atoms with E-state index in [-0.39, 0.29) is 17.9 Å². The maximum Gasteiger partial charge on any atom is 0.226 e. The van der Waals surface area contributed by atoms with E-state index in [1.165, 1.54) is 0 Å². The van der Waals surface area contributed by atoms with Gasteiger partial charge in [0.05, 0.1) is 19.1 Å². The van der Waals surface area contributed by atoms with Crippen LogP contribution in [0.25, 0.3) is 0 Å². The first-order valence-electron chi connectivity index (χ1n) is 7.27. The van der Waals surface area contributed by atoms with E-state index in [9.17, 15) is 4.79 Å². The first kappa shape index (κ1) is 14.9. The van der Waals surface area contributed by atoms with Crippen molar-refractivity contribution in [2.24, 2.45) is 5.92 Å². The summed E-state index contributed by atoms with van der Waals surface area (Å²) in [5, 5.41) is 3.01. The van der Waals surface area contributed by atoms with Crippen molar-refractivity contribution >= 4 is 5.91 Å². The number of carbonyl (C=O) groups is 1. The second kappa shape index (κ2) is 7.29. The standard InChI is InChI=1S/C16H23NO3/c1-3-14-13(8-6-10-20-14)16(18)17-11-12-7-4-5-9-15(12)19-2/h4-5,7,9,13-14H,3,6,8,10-11H2,1-2H3,(H,17,18)/t13-,14+/m1/s1. The highest BCUT2D eigenvalue weighted by atomic mass is 16.5. The minimum Gasteiger partial charge on any atom is -0.496 e.